The third kappa shape index (κ3) is 3.39. The summed E-state index contributed by atoms with van der Waals surface area (Å²) in [6.07, 6.45) is 3.31. The van der Waals surface area contributed by atoms with E-state index in [4.69, 9.17) is 0 Å². The number of rotatable bonds is 3. The van der Waals surface area contributed by atoms with Crippen LogP contribution in [0.4, 0.5) is 10.2 Å². The number of anilines is 1. The number of β-amino-alcohol motifs (C(OH)–C–C–N with tert-alkyl or cyclic N) is 1. The first-order chi connectivity index (χ1) is 15.4. The van der Waals surface area contributed by atoms with Crippen molar-refractivity contribution < 1.29 is 14.3 Å². The van der Waals surface area contributed by atoms with Gasteiger partial charge in [0, 0.05) is 25.4 Å². The number of pyridine rings is 1. The lowest BCUT2D eigenvalue weighted by molar-refractivity contribution is 0.0447. The molecule has 3 aromatic rings. The molecule has 1 amide bonds. The summed E-state index contributed by atoms with van der Waals surface area (Å²) in [6.45, 7) is 3.26. The van der Waals surface area contributed by atoms with E-state index >= 15 is 0 Å². The minimum atomic E-state index is -0.786. The van der Waals surface area contributed by atoms with E-state index in [-0.39, 0.29) is 29.3 Å². The molecule has 4 heterocycles. The normalized spacial score (nSPS) is 20.1. The molecule has 162 valence electrons. The summed E-state index contributed by atoms with van der Waals surface area (Å²) in [6, 6.07) is 9.71. The van der Waals surface area contributed by atoms with Crippen LogP contribution in [-0.4, -0.2) is 44.5 Å². The molecule has 0 saturated carbocycles. The Morgan fingerprint density at radius 1 is 1.31 bits per heavy atom. The van der Waals surface area contributed by atoms with Gasteiger partial charge in [0.15, 0.2) is 5.82 Å². The highest BCUT2D eigenvalue weighted by molar-refractivity contribution is 6.01. The topological polar surface area (TPSA) is 107 Å². The number of hydrogen-bond donors (Lipinski definition) is 2. The maximum atomic E-state index is 14.7. The minimum absolute atomic E-state index is 0.0952. The summed E-state index contributed by atoms with van der Waals surface area (Å²) < 4.78 is 16.2. The van der Waals surface area contributed by atoms with E-state index in [9.17, 15) is 19.6 Å². The van der Waals surface area contributed by atoms with Gasteiger partial charge in [-0.25, -0.2) is 14.1 Å². The predicted molar refractivity (Wildman–Crippen MR) is 115 cm³/mol. The average molecular weight is 432 g/mol. The zero-order valence-electron chi connectivity index (χ0n) is 17.5. The van der Waals surface area contributed by atoms with E-state index in [1.165, 1.54) is 18.2 Å². The molecule has 2 aliphatic heterocycles. The van der Waals surface area contributed by atoms with Gasteiger partial charge in [-0.2, -0.15) is 10.4 Å². The average Bonchev–Trinajstić information content (AvgIpc) is 3.40. The second-order valence-electron chi connectivity index (χ2n) is 8.45. The van der Waals surface area contributed by atoms with Crippen LogP contribution in [0.1, 0.15) is 41.4 Å². The number of piperidine rings is 1. The van der Waals surface area contributed by atoms with E-state index < -0.39 is 11.4 Å². The molecule has 9 heteroatoms. The molecule has 0 radical (unpaired) electrons. The molecule has 1 atom stereocenters. The highest BCUT2D eigenvalue weighted by Gasteiger charge is 2.31. The van der Waals surface area contributed by atoms with Gasteiger partial charge in [0.2, 0.25) is 0 Å². The zero-order chi connectivity index (χ0) is 22.5. The summed E-state index contributed by atoms with van der Waals surface area (Å²) in [5, 5.41) is 27.3. The third-order valence-electron chi connectivity index (χ3n) is 5.93. The van der Waals surface area contributed by atoms with Crippen molar-refractivity contribution in [2.75, 3.05) is 18.0 Å². The van der Waals surface area contributed by atoms with Crippen LogP contribution in [-0.2, 0) is 6.54 Å². The lowest BCUT2D eigenvalue weighted by Gasteiger charge is -2.36. The van der Waals surface area contributed by atoms with Crippen LogP contribution < -0.4 is 10.2 Å². The van der Waals surface area contributed by atoms with Crippen LogP contribution >= 0.6 is 0 Å². The molecular weight excluding hydrogens is 411 g/mol. The number of hydrogen-bond acceptors (Lipinski definition) is 6. The minimum Gasteiger partial charge on any atom is -0.388 e. The van der Waals surface area contributed by atoms with Crippen molar-refractivity contribution in [1.29, 1.82) is 5.26 Å². The van der Waals surface area contributed by atoms with Gasteiger partial charge in [-0.15, -0.1) is 0 Å². The molecule has 0 aliphatic carbocycles. The fourth-order valence-electron chi connectivity index (χ4n) is 4.43. The molecular formula is C23H21FN6O2. The molecule has 1 fully saturated rings. The summed E-state index contributed by atoms with van der Waals surface area (Å²) in [5.74, 6) is -0.156. The fourth-order valence-corrected chi connectivity index (χ4v) is 4.43. The van der Waals surface area contributed by atoms with Crippen LogP contribution in [0.3, 0.4) is 0 Å². The van der Waals surface area contributed by atoms with Gasteiger partial charge in [-0.3, -0.25) is 4.79 Å². The van der Waals surface area contributed by atoms with Gasteiger partial charge in [0.1, 0.15) is 5.82 Å². The second kappa shape index (κ2) is 7.43. The molecule has 0 bridgehead atoms. The number of carbonyl (C=O) groups is 1. The smallest absolute Gasteiger partial charge is 0.255 e. The highest BCUT2D eigenvalue weighted by atomic mass is 19.1. The standard InChI is InChI=1S/C23H21FN6O2/c1-23(32)7-3-8-29(13-23)19-6-9-30(28-19)18-10-16(27-17-12-26-22(31)21(17)18)20-14(11-25)4-2-5-15(20)24/h2,4-6,9-10,32H,3,7-8,12-13H2,1H3,(H,26,31)/t23-/m0/s1. The van der Waals surface area contributed by atoms with Gasteiger partial charge >= 0.3 is 0 Å². The van der Waals surface area contributed by atoms with Crippen molar-refractivity contribution in [3.8, 4) is 23.0 Å². The van der Waals surface area contributed by atoms with E-state index in [1.54, 1.807) is 16.9 Å². The van der Waals surface area contributed by atoms with Crippen molar-refractivity contribution in [2.45, 2.75) is 31.9 Å². The Labute approximate surface area is 183 Å². The number of nitrogens with one attached hydrogen (secondary N) is 1. The molecule has 1 saturated heterocycles. The molecule has 0 spiro atoms. The highest BCUT2D eigenvalue weighted by Crippen LogP contribution is 2.32. The Morgan fingerprint density at radius 2 is 2.16 bits per heavy atom. The Morgan fingerprint density at radius 3 is 2.94 bits per heavy atom. The van der Waals surface area contributed by atoms with E-state index in [2.05, 4.69) is 15.4 Å². The van der Waals surface area contributed by atoms with E-state index in [0.717, 1.165) is 19.4 Å². The van der Waals surface area contributed by atoms with Crippen molar-refractivity contribution in [1.82, 2.24) is 20.1 Å². The van der Waals surface area contributed by atoms with Gasteiger partial charge in [-0.05, 0) is 38.0 Å². The number of benzene rings is 1. The summed E-state index contributed by atoms with van der Waals surface area (Å²) in [7, 11) is 0. The summed E-state index contributed by atoms with van der Waals surface area (Å²) in [4.78, 5) is 19.0. The predicted octanol–water partition coefficient (Wildman–Crippen LogP) is 2.54. The number of amides is 1. The van der Waals surface area contributed by atoms with Crippen molar-refractivity contribution >= 4 is 11.7 Å². The summed E-state index contributed by atoms with van der Waals surface area (Å²) in [5.41, 5.74) is 1.06. The molecule has 8 nitrogen and oxygen atoms in total. The monoisotopic (exact) mass is 432 g/mol. The van der Waals surface area contributed by atoms with Gasteiger partial charge in [-0.1, -0.05) is 6.07 Å². The SMILES string of the molecule is C[C@]1(O)CCCN(c2ccn(-c3cc(-c4c(F)cccc4C#N)nc4c3C(=O)NC4)n2)C1. The van der Waals surface area contributed by atoms with Crippen LogP contribution in [0.2, 0.25) is 0 Å². The lowest BCUT2D eigenvalue weighted by atomic mass is 9.95. The zero-order valence-corrected chi connectivity index (χ0v) is 17.5. The Bertz CT molecular complexity index is 1280. The first-order valence-corrected chi connectivity index (χ1v) is 10.4. The lowest BCUT2D eigenvalue weighted by Crippen LogP contribution is -2.46. The van der Waals surface area contributed by atoms with Crippen LogP contribution in [0.5, 0.6) is 0 Å². The Hall–Kier alpha value is -3.77. The number of halogens is 1. The first kappa shape index (κ1) is 20.2. The number of nitriles is 1. The van der Waals surface area contributed by atoms with Gasteiger partial charge in [0.05, 0.1) is 52.0 Å². The Balaban J connectivity index is 1.62. The van der Waals surface area contributed by atoms with Gasteiger partial charge in [0.25, 0.3) is 5.91 Å². The molecule has 1 aromatic carbocycles. The largest absolute Gasteiger partial charge is 0.388 e. The van der Waals surface area contributed by atoms with Crippen molar-refractivity contribution in [2.24, 2.45) is 0 Å². The Kier molecular flexibility index (Phi) is 4.68. The third-order valence-corrected chi connectivity index (χ3v) is 5.93. The van der Waals surface area contributed by atoms with Crippen molar-refractivity contribution in [3.63, 3.8) is 0 Å². The molecule has 5 rings (SSSR count). The number of aromatic nitrogens is 3. The number of nitrogens with zero attached hydrogens (tertiary/aromatic N) is 5. The van der Waals surface area contributed by atoms with E-state index in [1.807, 2.05) is 24.0 Å². The molecule has 2 aliphatic rings. The number of fused-ring (bicyclic) bond motifs is 1. The van der Waals surface area contributed by atoms with E-state index in [0.29, 0.717) is 29.3 Å². The van der Waals surface area contributed by atoms with Crippen LogP contribution in [0.15, 0.2) is 36.5 Å². The van der Waals surface area contributed by atoms with Gasteiger partial charge < -0.3 is 15.3 Å². The fraction of sp³-hybridized carbons (Fsp3) is 0.304. The quantitative estimate of drug-likeness (QED) is 0.659. The van der Waals surface area contributed by atoms with Crippen LogP contribution in [0, 0.1) is 17.1 Å². The maximum Gasteiger partial charge on any atom is 0.255 e. The second-order valence-corrected chi connectivity index (χ2v) is 8.45. The van der Waals surface area contributed by atoms with Crippen LogP contribution in [0.25, 0.3) is 16.9 Å². The summed E-state index contributed by atoms with van der Waals surface area (Å²) >= 11 is 0. The number of carbonyl (C=O) groups excluding carboxylic acids is 1. The van der Waals surface area contributed by atoms with Crippen molar-refractivity contribution in [3.05, 3.63) is 59.2 Å². The molecule has 0 unspecified atom stereocenters. The maximum absolute atomic E-state index is 14.7. The molecule has 32 heavy (non-hydrogen) atoms. The first-order valence-electron chi connectivity index (χ1n) is 10.4. The number of aliphatic hydroxyl groups is 1. The molecule has 2 N–H and O–H groups in total. The molecule has 2 aromatic heterocycles.